The number of nitrogens with zero attached hydrogens (tertiary/aromatic N) is 2. The van der Waals surface area contributed by atoms with E-state index in [4.69, 9.17) is 0 Å². The summed E-state index contributed by atoms with van der Waals surface area (Å²) in [6.45, 7) is 7.14. The van der Waals surface area contributed by atoms with Crippen LogP contribution in [-0.4, -0.2) is 41.9 Å². The molecule has 0 spiro atoms. The van der Waals surface area contributed by atoms with Gasteiger partial charge >= 0.3 is 6.03 Å². The van der Waals surface area contributed by atoms with Crippen molar-refractivity contribution in [2.75, 3.05) is 24.5 Å². The fourth-order valence-electron chi connectivity index (χ4n) is 2.84. The number of hydrogen-bond donors (Lipinski definition) is 3. The minimum atomic E-state index is -0.478. The molecule has 0 radical (unpaired) electrons. The SMILES string of the molecule is CCCC(O)CNC(=O)NCc1ccc(N2CCC(C)CC2)nc1. The average Bonchev–Trinajstić information content (AvgIpc) is 2.59. The Hall–Kier alpha value is -1.82. The molecular formula is C18H30N4O2. The van der Waals surface area contributed by atoms with Crippen molar-refractivity contribution in [3.8, 4) is 0 Å². The van der Waals surface area contributed by atoms with Gasteiger partial charge in [0.2, 0.25) is 0 Å². The van der Waals surface area contributed by atoms with Crippen LogP contribution in [0.3, 0.4) is 0 Å². The van der Waals surface area contributed by atoms with Gasteiger partial charge in [0.1, 0.15) is 5.82 Å². The number of carbonyl (C=O) groups is 1. The normalized spacial score (nSPS) is 16.7. The minimum Gasteiger partial charge on any atom is -0.391 e. The molecule has 1 fully saturated rings. The summed E-state index contributed by atoms with van der Waals surface area (Å²) in [4.78, 5) is 18.5. The van der Waals surface area contributed by atoms with E-state index in [2.05, 4.69) is 27.4 Å². The minimum absolute atomic E-state index is 0.265. The maximum absolute atomic E-state index is 11.7. The number of urea groups is 1. The van der Waals surface area contributed by atoms with Crippen LogP contribution in [0.15, 0.2) is 18.3 Å². The van der Waals surface area contributed by atoms with Crippen LogP contribution < -0.4 is 15.5 Å². The number of aliphatic hydroxyl groups is 1. The Kier molecular flexibility index (Phi) is 7.31. The summed E-state index contributed by atoms with van der Waals surface area (Å²) in [6, 6.07) is 3.77. The van der Waals surface area contributed by atoms with Gasteiger partial charge in [-0.2, -0.15) is 0 Å². The lowest BCUT2D eigenvalue weighted by Crippen LogP contribution is -2.39. The van der Waals surface area contributed by atoms with E-state index in [0.29, 0.717) is 13.0 Å². The van der Waals surface area contributed by atoms with Crippen LogP contribution in [0.1, 0.15) is 45.1 Å². The predicted molar refractivity (Wildman–Crippen MR) is 96.0 cm³/mol. The molecule has 1 aliphatic rings. The molecule has 24 heavy (non-hydrogen) atoms. The lowest BCUT2D eigenvalue weighted by atomic mass is 9.99. The molecule has 6 nitrogen and oxygen atoms in total. The van der Waals surface area contributed by atoms with E-state index in [-0.39, 0.29) is 12.6 Å². The smallest absolute Gasteiger partial charge is 0.315 e. The first-order valence-corrected chi connectivity index (χ1v) is 8.98. The molecule has 2 heterocycles. The summed E-state index contributed by atoms with van der Waals surface area (Å²) in [5.74, 6) is 1.82. The number of aromatic nitrogens is 1. The van der Waals surface area contributed by atoms with Crippen LogP contribution in [0.2, 0.25) is 0 Å². The zero-order chi connectivity index (χ0) is 17.4. The van der Waals surface area contributed by atoms with Gasteiger partial charge in [-0.3, -0.25) is 0 Å². The molecule has 0 aliphatic carbocycles. The molecular weight excluding hydrogens is 304 g/mol. The van der Waals surface area contributed by atoms with E-state index in [9.17, 15) is 9.90 Å². The molecule has 3 N–H and O–H groups in total. The maximum Gasteiger partial charge on any atom is 0.315 e. The fraction of sp³-hybridized carbons (Fsp3) is 0.667. The second kappa shape index (κ2) is 9.47. The molecule has 2 rings (SSSR count). The molecule has 1 atom stereocenters. The Morgan fingerprint density at radius 2 is 2.12 bits per heavy atom. The van der Waals surface area contributed by atoms with Crippen LogP contribution in [0.5, 0.6) is 0 Å². The van der Waals surface area contributed by atoms with Crippen LogP contribution in [0, 0.1) is 5.92 Å². The molecule has 1 aromatic rings. The van der Waals surface area contributed by atoms with Gasteiger partial charge in [0, 0.05) is 32.4 Å². The van der Waals surface area contributed by atoms with Gasteiger partial charge in [0.25, 0.3) is 0 Å². The number of carbonyl (C=O) groups excluding carboxylic acids is 1. The summed E-state index contributed by atoms with van der Waals surface area (Å²) >= 11 is 0. The first kappa shape index (κ1) is 18.5. The van der Waals surface area contributed by atoms with E-state index in [1.165, 1.54) is 12.8 Å². The number of nitrogens with one attached hydrogen (secondary N) is 2. The predicted octanol–water partition coefficient (Wildman–Crippen LogP) is 2.28. The van der Waals surface area contributed by atoms with Crippen LogP contribution >= 0.6 is 0 Å². The van der Waals surface area contributed by atoms with E-state index in [0.717, 1.165) is 36.8 Å². The lowest BCUT2D eigenvalue weighted by molar-refractivity contribution is 0.160. The van der Waals surface area contributed by atoms with Crippen molar-refractivity contribution >= 4 is 11.8 Å². The van der Waals surface area contributed by atoms with Crippen molar-refractivity contribution in [3.63, 3.8) is 0 Å². The monoisotopic (exact) mass is 334 g/mol. The van der Waals surface area contributed by atoms with E-state index >= 15 is 0 Å². The number of aliphatic hydroxyl groups excluding tert-OH is 1. The maximum atomic E-state index is 11.7. The molecule has 0 aromatic carbocycles. The molecule has 0 saturated carbocycles. The summed E-state index contributed by atoms with van der Waals surface area (Å²) in [5.41, 5.74) is 0.966. The van der Waals surface area contributed by atoms with E-state index < -0.39 is 6.10 Å². The second-order valence-corrected chi connectivity index (χ2v) is 6.70. The van der Waals surface area contributed by atoms with Crippen molar-refractivity contribution in [2.24, 2.45) is 5.92 Å². The van der Waals surface area contributed by atoms with Gasteiger partial charge in [-0.15, -0.1) is 0 Å². The van der Waals surface area contributed by atoms with Gasteiger partial charge in [0.05, 0.1) is 6.10 Å². The van der Waals surface area contributed by atoms with Crippen LogP contribution in [0.25, 0.3) is 0 Å². The Balaban J connectivity index is 1.72. The van der Waals surface area contributed by atoms with Crippen molar-refractivity contribution in [1.82, 2.24) is 15.6 Å². The highest BCUT2D eigenvalue weighted by Crippen LogP contribution is 2.21. The quantitative estimate of drug-likeness (QED) is 0.715. The largest absolute Gasteiger partial charge is 0.391 e. The van der Waals surface area contributed by atoms with Crippen molar-refractivity contribution in [1.29, 1.82) is 0 Å². The molecule has 1 saturated heterocycles. The summed E-state index contributed by atoms with van der Waals surface area (Å²) < 4.78 is 0. The highest BCUT2D eigenvalue weighted by atomic mass is 16.3. The second-order valence-electron chi connectivity index (χ2n) is 6.70. The third kappa shape index (κ3) is 6.00. The highest BCUT2D eigenvalue weighted by molar-refractivity contribution is 5.73. The molecule has 1 unspecified atom stereocenters. The molecule has 2 amide bonds. The highest BCUT2D eigenvalue weighted by Gasteiger charge is 2.16. The summed E-state index contributed by atoms with van der Waals surface area (Å²) in [5, 5.41) is 15.1. The van der Waals surface area contributed by atoms with Gasteiger partial charge in [-0.1, -0.05) is 26.3 Å². The molecule has 0 bridgehead atoms. The number of pyridine rings is 1. The Morgan fingerprint density at radius 1 is 1.38 bits per heavy atom. The van der Waals surface area contributed by atoms with Crippen LogP contribution in [0.4, 0.5) is 10.6 Å². The molecule has 1 aliphatic heterocycles. The number of anilines is 1. The topological polar surface area (TPSA) is 77.5 Å². The van der Waals surface area contributed by atoms with Gasteiger partial charge < -0.3 is 20.6 Å². The Labute approximate surface area is 144 Å². The Morgan fingerprint density at radius 3 is 2.75 bits per heavy atom. The molecule has 1 aromatic heterocycles. The Bertz CT molecular complexity index is 498. The number of amides is 2. The van der Waals surface area contributed by atoms with Crippen molar-refractivity contribution in [3.05, 3.63) is 23.9 Å². The van der Waals surface area contributed by atoms with Gasteiger partial charge in [-0.05, 0) is 36.8 Å². The van der Waals surface area contributed by atoms with Crippen LogP contribution in [-0.2, 0) is 6.54 Å². The fourth-order valence-corrected chi connectivity index (χ4v) is 2.84. The summed E-state index contributed by atoms with van der Waals surface area (Å²) in [6.07, 6.45) is 5.37. The van der Waals surface area contributed by atoms with Gasteiger partial charge in [-0.25, -0.2) is 9.78 Å². The zero-order valence-electron chi connectivity index (χ0n) is 14.8. The molecule has 134 valence electrons. The van der Waals surface area contributed by atoms with E-state index in [1.807, 2.05) is 25.3 Å². The van der Waals surface area contributed by atoms with E-state index in [1.54, 1.807) is 0 Å². The summed E-state index contributed by atoms with van der Waals surface area (Å²) in [7, 11) is 0. The standard InChI is InChI=1S/C18H30N4O2/c1-3-4-16(23)13-21-18(24)20-12-15-5-6-17(19-11-15)22-9-7-14(2)8-10-22/h5-6,11,14,16,23H,3-4,7-10,12-13H2,1-2H3,(H2,20,21,24). The molecule has 6 heteroatoms. The zero-order valence-corrected chi connectivity index (χ0v) is 14.8. The van der Waals surface area contributed by atoms with Crippen molar-refractivity contribution in [2.45, 2.75) is 52.2 Å². The first-order valence-electron chi connectivity index (χ1n) is 8.98. The number of piperidine rings is 1. The average molecular weight is 334 g/mol. The number of hydrogen-bond acceptors (Lipinski definition) is 4. The van der Waals surface area contributed by atoms with Gasteiger partial charge in [0.15, 0.2) is 0 Å². The first-order chi connectivity index (χ1) is 11.6. The third-order valence-corrected chi connectivity index (χ3v) is 4.49. The third-order valence-electron chi connectivity index (χ3n) is 4.49. The lowest BCUT2D eigenvalue weighted by Gasteiger charge is -2.31. The number of rotatable bonds is 7. The van der Waals surface area contributed by atoms with Crippen molar-refractivity contribution < 1.29 is 9.90 Å².